The highest BCUT2D eigenvalue weighted by molar-refractivity contribution is 7.85. The van der Waals surface area contributed by atoms with Gasteiger partial charge in [0.15, 0.2) is 0 Å². The number of methoxy groups -OCH3 is 1. The molecule has 2 N–H and O–H groups in total. The third-order valence-electron chi connectivity index (χ3n) is 6.13. The number of amides is 1. The summed E-state index contributed by atoms with van der Waals surface area (Å²) in [5.74, 6) is 0.716. The molecular formula is C30H39N7O8S2-2. The van der Waals surface area contributed by atoms with E-state index in [4.69, 9.17) is 35.7 Å². The second-order valence-corrected chi connectivity index (χ2v) is 13.3. The summed E-state index contributed by atoms with van der Waals surface area (Å²) in [6.07, 6.45) is 6.25. The molecule has 0 bridgehead atoms. The minimum absolute atomic E-state index is 0.299. The van der Waals surface area contributed by atoms with E-state index in [0.29, 0.717) is 35.6 Å². The molecule has 0 saturated heterocycles. The van der Waals surface area contributed by atoms with Crippen LogP contribution in [0.3, 0.4) is 0 Å². The van der Waals surface area contributed by atoms with Crippen LogP contribution in [-0.2, 0) is 32.1 Å². The summed E-state index contributed by atoms with van der Waals surface area (Å²) in [7, 11) is 1.82. The molecule has 15 nitrogen and oxygen atoms in total. The lowest BCUT2D eigenvalue weighted by molar-refractivity contribution is -0.111. The van der Waals surface area contributed by atoms with Crippen molar-refractivity contribution in [2.24, 2.45) is 7.05 Å². The SMILES string of the molecule is C=CC(=O)Nc1cc(Nc2nccc(-c3cn(C)c4ccccc34)n2)c(OC)cc1N(C)CCN(C)C.CS(=O)(=O)[O-].CS(=O)(=O)[O-]. The summed E-state index contributed by atoms with van der Waals surface area (Å²) in [6.45, 7) is 5.19. The predicted octanol–water partition coefficient (Wildman–Crippen LogP) is 2.83. The average Bonchev–Trinajstić information content (AvgIpc) is 3.31. The molecule has 0 saturated carbocycles. The molecule has 0 aliphatic rings. The molecule has 0 aliphatic carbocycles. The molecule has 0 atom stereocenters. The number of aromatic nitrogens is 3. The van der Waals surface area contributed by atoms with Gasteiger partial charge in [0.25, 0.3) is 0 Å². The van der Waals surface area contributed by atoms with Crippen molar-refractivity contribution in [3.05, 3.63) is 67.5 Å². The predicted molar refractivity (Wildman–Crippen MR) is 182 cm³/mol. The minimum atomic E-state index is -3.92. The summed E-state index contributed by atoms with van der Waals surface area (Å²) < 4.78 is 62.2. The Hall–Kier alpha value is -4.55. The fraction of sp³-hybridized carbons (Fsp3) is 0.300. The monoisotopic (exact) mass is 689 g/mol. The molecule has 0 fully saturated rings. The van der Waals surface area contributed by atoms with Crippen molar-refractivity contribution >= 4 is 60.1 Å². The first-order valence-electron chi connectivity index (χ1n) is 13.8. The largest absolute Gasteiger partial charge is 0.748 e. The van der Waals surface area contributed by atoms with Crippen LogP contribution in [0.5, 0.6) is 5.75 Å². The summed E-state index contributed by atoms with van der Waals surface area (Å²) >= 11 is 0. The van der Waals surface area contributed by atoms with Crippen molar-refractivity contribution in [2.75, 3.05) is 69.4 Å². The zero-order chi connectivity index (χ0) is 35.5. The summed E-state index contributed by atoms with van der Waals surface area (Å²) in [5.41, 5.74) is 5.02. The van der Waals surface area contributed by atoms with Gasteiger partial charge in [0.1, 0.15) is 5.75 Å². The van der Waals surface area contributed by atoms with Gasteiger partial charge in [-0.25, -0.2) is 26.8 Å². The number of nitrogens with zero attached hydrogens (tertiary/aromatic N) is 5. The van der Waals surface area contributed by atoms with Crippen molar-refractivity contribution in [1.82, 2.24) is 19.4 Å². The van der Waals surface area contributed by atoms with E-state index in [2.05, 4.69) is 54.9 Å². The van der Waals surface area contributed by atoms with Gasteiger partial charge in [0.05, 0.1) is 50.1 Å². The van der Waals surface area contributed by atoms with Crippen LogP contribution < -0.4 is 20.3 Å². The van der Waals surface area contributed by atoms with Crippen LogP contribution in [0.15, 0.2) is 67.5 Å². The molecule has 0 unspecified atom stereocenters. The van der Waals surface area contributed by atoms with Gasteiger partial charge < -0.3 is 38.8 Å². The van der Waals surface area contributed by atoms with Crippen LogP contribution in [-0.4, -0.2) is 105 Å². The van der Waals surface area contributed by atoms with E-state index in [1.165, 1.54) is 6.08 Å². The van der Waals surface area contributed by atoms with Crippen molar-refractivity contribution in [3.63, 3.8) is 0 Å². The number of likely N-dealkylation sites (N-methyl/N-ethyl adjacent to an activating group) is 2. The number of nitrogens with one attached hydrogen (secondary N) is 2. The zero-order valence-corrected chi connectivity index (χ0v) is 28.8. The molecule has 2 aromatic carbocycles. The van der Waals surface area contributed by atoms with Crippen LogP contribution in [0.1, 0.15) is 0 Å². The second-order valence-electron chi connectivity index (χ2n) is 10.5. The summed E-state index contributed by atoms with van der Waals surface area (Å²) in [6, 6.07) is 13.8. The summed E-state index contributed by atoms with van der Waals surface area (Å²) in [5, 5.41) is 7.31. The van der Waals surface area contributed by atoms with Crippen molar-refractivity contribution in [1.29, 1.82) is 0 Å². The third kappa shape index (κ3) is 13.4. The quantitative estimate of drug-likeness (QED) is 0.182. The van der Waals surface area contributed by atoms with Gasteiger partial charge in [-0.3, -0.25) is 4.79 Å². The van der Waals surface area contributed by atoms with Gasteiger partial charge >= 0.3 is 0 Å². The molecular weight excluding hydrogens is 651 g/mol. The Morgan fingerprint density at radius 1 is 1.02 bits per heavy atom. The minimum Gasteiger partial charge on any atom is -0.748 e. The van der Waals surface area contributed by atoms with E-state index in [1.807, 2.05) is 58.5 Å². The first-order chi connectivity index (χ1) is 21.8. The van der Waals surface area contributed by atoms with Crippen LogP contribution in [0.25, 0.3) is 22.2 Å². The lowest BCUT2D eigenvalue weighted by atomic mass is 10.1. The van der Waals surface area contributed by atoms with E-state index in [0.717, 1.165) is 40.9 Å². The lowest BCUT2D eigenvalue weighted by Crippen LogP contribution is -2.29. The van der Waals surface area contributed by atoms with Gasteiger partial charge in [-0.2, -0.15) is 0 Å². The molecule has 47 heavy (non-hydrogen) atoms. The van der Waals surface area contributed by atoms with Crippen molar-refractivity contribution in [2.45, 2.75) is 0 Å². The van der Waals surface area contributed by atoms with Gasteiger partial charge in [-0.05, 0) is 38.4 Å². The van der Waals surface area contributed by atoms with Gasteiger partial charge in [-0.1, -0.05) is 24.8 Å². The number of para-hydroxylation sites is 1. The smallest absolute Gasteiger partial charge is 0.247 e. The number of aryl methyl sites for hydroxylation is 1. The molecule has 0 aliphatic heterocycles. The molecule has 1 amide bonds. The zero-order valence-electron chi connectivity index (χ0n) is 27.2. The Morgan fingerprint density at radius 3 is 2.21 bits per heavy atom. The highest BCUT2D eigenvalue weighted by atomic mass is 32.2. The first kappa shape index (κ1) is 38.6. The van der Waals surface area contributed by atoms with E-state index in [9.17, 15) is 4.79 Å². The number of hydrogen-bond acceptors (Lipinski definition) is 13. The number of ether oxygens (including phenoxy) is 1. The molecule has 2 heterocycles. The Labute approximate surface area is 275 Å². The van der Waals surface area contributed by atoms with Crippen molar-refractivity contribution < 1.29 is 35.5 Å². The Kier molecular flexibility index (Phi) is 13.8. The van der Waals surface area contributed by atoms with Gasteiger partial charge in [-0.15, -0.1) is 0 Å². The lowest BCUT2D eigenvalue weighted by Gasteiger charge is -2.26. The molecule has 0 spiro atoms. The standard InChI is InChI=1S/C28H33N7O2.2CH4O3S/c1-7-27(36)30-22-16-23(26(37-6)17-25(22)34(4)15-14-33(2)3)32-28-29-13-12-21(31-28)20-18-35(5)24-11-9-8-10-19(20)24;2*1-5(2,3)4/h7-13,16-18H,1,14-15H2,2-6H3,(H,30,36)(H,29,31,32);2*1H3,(H,2,3,4)/p-2. The van der Waals surface area contributed by atoms with Gasteiger partial charge in [0.2, 0.25) is 11.9 Å². The topological polar surface area (TPSA) is 202 Å². The number of hydrogen-bond donors (Lipinski definition) is 2. The highest BCUT2D eigenvalue weighted by Crippen LogP contribution is 2.38. The van der Waals surface area contributed by atoms with E-state index < -0.39 is 20.2 Å². The number of rotatable bonds is 10. The number of benzene rings is 2. The summed E-state index contributed by atoms with van der Waals surface area (Å²) in [4.78, 5) is 25.6. The fourth-order valence-corrected chi connectivity index (χ4v) is 4.14. The molecule has 17 heteroatoms. The number of carbonyl (C=O) groups is 1. The van der Waals surface area contributed by atoms with Crippen LogP contribution in [0.4, 0.5) is 23.0 Å². The maximum absolute atomic E-state index is 12.2. The average molecular weight is 690 g/mol. The highest BCUT2D eigenvalue weighted by Gasteiger charge is 2.17. The normalized spacial score (nSPS) is 11.1. The first-order valence-corrected chi connectivity index (χ1v) is 17.4. The van der Waals surface area contributed by atoms with E-state index in [1.54, 1.807) is 13.3 Å². The van der Waals surface area contributed by atoms with Crippen LogP contribution in [0, 0.1) is 0 Å². The molecule has 4 rings (SSSR count). The maximum atomic E-state index is 12.2. The van der Waals surface area contributed by atoms with Crippen LogP contribution >= 0.6 is 0 Å². The van der Waals surface area contributed by atoms with E-state index >= 15 is 0 Å². The maximum Gasteiger partial charge on any atom is 0.247 e. The van der Waals surface area contributed by atoms with E-state index in [-0.39, 0.29) is 5.91 Å². The molecule has 4 aromatic rings. The molecule has 256 valence electrons. The molecule has 2 aromatic heterocycles. The second kappa shape index (κ2) is 16.8. The van der Waals surface area contributed by atoms with Crippen molar-refractivity contribution in [3.8, 4) is 17.0 Å². The molecule has 0 radical (unpaired) electrons. The number of anilines is 4. The van der Waals surface area contributed by atoms with Crippen LogP contribution in [0.2, 0.25) is 0 Å². The third-order valence-corrected chi connectivity index (χ3v) is 6.13. The Balaban J connectivity index is 0.000000670. The number of carbonyl (C=O) groups excluding carboxylic acids is 1. The fourth-order valence-electron chi connectivity index (χ4n) is 4.14. The van der Waals surface area contributed by atoms with Gasteiger partial charge in [0, 0.05) is 74.6 Å². The Morgan fingerprint density at radius 2 is 1.64 bits per heavy atom. The Bertz CT molecular complexity index is 1860. The number of fused-ring (bicyclic) bond motifs is 1.